The number of carboxylic acids is 2. The van der Waals surface area contributed by atoms with Crippen LogP contribution in [0.1, 0.15) is 0 Å². The van der Waals surface area contributed by atoms with E-state index in [0.29, 0.717) is 12.2 Å². The molecule has 0 unspecified atom stereocenters. The molecule has 1 aliphatic heterocycles. The summed E-state index contributed by atoms with van der Waals surface area (Å²) in [5, 5.41) is 19.0. The molecular formula is C14H18IN3O5. The van der Waals surface area contributed by atoms with Crippen LogP contribution in [0.5, 0.6) is 5.75 Å². The lowest BCUT2D eigenvalue weighted by molar-refractivity contribution is -0.134. The number of rotatable bonds is 4. The van der Waals surface area contributed by atoms with Gasteiger partial charge in [0.05, 0.1) is 19.0 Å². The molecule has 9 heteroatoms. The Kier molecular flexibility index (Phi) is 8.33. The van der Waals surface area contributed by atoms with Crippen LogP contribution in [0.3, 0.4) is 0 Å². The van der Waals surface area contributed by atoms with Crippen LogP contribution < -0.4 is 15.0 Å². The van der Waals surface area contributed by atoms with Crippen LogP contribution in [0.2, 0.25) is 0 Å². The van der Waals surface area contributed by atoms with Gasteiger partial charge in [-0.2, -0.15) is 0 Å². The predicted molar refractivity (Wildman–Crippen MR) is 93.0 cm³/mol. The van der Waals surface area contributed by atoms with Crippen LogP contribution in [0.4, 0.5) is 5.69 Å². The van der Waals surface area contributed by atoms with Crippen molar-refractivity contribution in [1.82, 2.24) is 10.3 Å². The molecule has 0 saturated carbocycles. The standard InChI is InChI=1S/C10H14IN3O.C4H4O4/c1-15-9-6-8(7-13-10(9)11)14-4-2-12-3-5-14;5-3(6)1-2-4(7)8/h6-7,12H,2-5H2,1H3;1-2H,(H,5,6)(H,7,8)/b;2-1+. The number of carboxylic acid groups (broad SMARTS) is 2. The number of hydrogen-bond acceptors (Lipinski definition) is 6. The van der Waals surface area contributed by atoms with E-state index in [1.165, 1.54) is 0 Å². The molecule has 2 rings (SSSR count). The van der Waals surface area contributed by atoms with E-state index in [1.807, 2.05) is 6.20 Å². The first kappa shape index (κ1) is 19.2. The Hall–Kier alpha value is -1.88. The summed E-state index contributed by atoms with van der Waals surface area (Å²) in [7, 11) is 1.68. The zero-order valence-corrected chi connectivity index (χ0v) is 14.7. The van der Waals surface area contributed by atoms with Gasteiger partial charge in [-0.15, -0.1) is 0 Å². The molecule has 1 fully saturated rings. The number of methoxy groups -OCH3 is 1. The third-order valence-corrected chi connectivity index (χ3v) is 3.67. The lowest BCUT2D eigenvalue weighted by Gasteiger charge is -2.29. The topological polar surface area (TPSA) is 112 Å². The lowest BCUT2D eigenvalue weighted by Crippen LogP contribution is -2.43. The van der Waals surface area contributed by atoms with E-state index < -0.39 is 11.9 Å². The van der Waals surface area contributed by atoms with Crippen molar-refractivity contribution in [2.75, 3.05) is 38.2 Å². The molecule has 23 heavy (non-hydrogen) atoms. The predicted octanol–water partition coefficient (Wildman–Crippen LogP) is 0.816. The van der Waals surface area contributed by atoms with Gasteiger partial charge in [-0.3, -0.25) is 0 Å². The number of hydrogen-bond donors (Lipinski definition) is 3. The van der Waals surface area contributed by atoms with Crippen LogP contribution >= 0.6 is 22.6 Å². The highest BCUT2D eigenvalue weighted by molar-refractivity contribution is 14.1. The van der Waals surface area contributed by atoms with Crippen molar-refractivity contribution in [2.24, 2.45) is 0 Å². The largest absolute Gasteiger partial charge is 0.494 e. The number of ether oxygens (including phenoxy) is 1. The van der Waals surface area contributed by atoms with E-state index in [9.17, 15) is 9.59 Å². The van der Waals surface area contributed by atoms with Gasteiger partial charge in [0.25, 0.3) is 0 Å². The van der Waals surface area contributed by atoms with Gasteiger partial charge in [-0.1, -0.05) is 0 Å². The number of pyridine rings is 1. The monoisotopic (exact) mass is 435 g/mol. The zero-order chi connectivity index (χ0) is 17.2. The Bertz CT molecular complexity index is 558. The third-order valence-electron chi connectivity index (χ3n) is 2.86. The number of piperazine rings is 1. The summed E-state index contributed by atoms with van der Waals surface area (Å²) in [4.78, 5) is 25.8. The molecular weight excluding hydrogens is 417 g/mol. The maximum atomic E-state index is 9.55. The quantitative estimate of drug-likeness (QED) is 0.362. The van der Waals surface area contributed by atoms with E-state index in [1.54, 1.807) is 7.11 Å². The highest BCUT2D eigenvalue weighted by Crippen LogP contribution is 2.24. The summed E-state index contributed by atoms with van der Waals surface area (Å²) in [6.07, 6.45) is 3.03. The summed E-state index contributed by atoms with van der Waals surface area (Å²) < 4.78 is 6.18. The van der Waals surface area contributed by atoms with Crippen LogP contribution in [-0.2, 0) is 9.59 Å². The Morgan fingerprint density at radius 2 is 1.87 bits per heavy atom. The summed E-state index contributed by atoms with van der Waals surface area (Å²) in [6, 6.07) is 2.06. The maximum Gasteiger partial charge on any atom is 0.328 e. The van der Waals surface area contributed by atoms with Crippen molar-refractivity contribution in [3.63, 3.8) is 0 Å². The van der Waals surface area contributed by atoms with Crippen molar-refractivity contribution >= 4 is 40.2 Å². The van der Waals surface area contributed by atoms with Gasteiger partial charge < -0.3 is 25.2 Å². The van der Waals surface area contributed by atoms with Crippen LogP contribution in [0.15, 0.2) is 24.4 Å². The molecule has 0 radical (unpaired) electrons. The van der Waals surface area contributed by atoms with E-state index in [0.717, 1.165) is 41.3 Å². The molecule has 0 aliphatic carbocycles. The van der Waals surface area contributed by atoms with Crippen LogP contribution in [0, 0.1) is 3.70 Å². The van der Waals surface area contributed by atoms with Crippen molar-refractivity contribution < 1.29 is 24.5 Å². The van der Waals surface area contributed by atoms with Gasteiger partial charge in [0.2, 0.25) is 0 Å². The minimum atomic E-state index is -1.26. The number of nitrogens with one attached hydrogen (secondary N) is 1. The van der Waals surface area contributed by atoms with Crippen molar-refractivity contribution in [2.45, 2.75) is 0 Å². The summed E-state index contributed by atoms with van der Waals surface area (Å²) >= 11 is 2.18. The molecule has 1 saturated heterocycles. The van der Waals surface area contributed by atoms with Crippen molar-refractivity contribution in [1.29, 1.82) is 0 Å². The molecule has 1 aliphatic rings. The van der Waals surface area contributed by atoms with Gasteiger partial charge in [0, 0.05) is 44.4 Å². The van der Waals surface area contributed by atoms with Crippen molar-refractivity contribution in [3.05, 3.63) is 28.1 Å². The van der Waals surface area contributed by atoms with Gasteiger partial charge >= 0.3 is 11.9 Å². The number of anilines is 1. The molecule has 8 nitrogen and oxygen atoms in total. The van der Waals surface area contributed by atoms with E-state index in [-0.39, 0.29) is 0 Å². The molecule has 1 aromatic rings. The Morgan fingerprint density at radius 3 is 2.35 bits per heavy atom. The van der Waals surface area contributed by atoms with Gasteiger partial charge in [-0.05, 0) is 22.6 Å². The van der Waals surface area contributed by atoms with Gasteiger partial charge in [-0.25, -0.2) is 14.6 Å². The number of nitrogens with zero attached hydrogens (tertiary/aromatic N) is 2. The molecule has 126 valence electrons. The van der Waals surface area contributed by atoms with E-state index in [2.05, 4.69) is 43.9 Å². The molecule has 0 bridgehead atoms. The third kappa shape index (κ3) is 7.28. The van der Waals surface area contributed by atoms with Gasteiger partial charge in [0.1, 0.15) is 3.70 Å². The molecule has 0 amide bonds. The number of carbonyl (C=O) groups is 2. The minimum absolute atomic E-state index is 0.558. The van der Waals surface area contributed by atoms with Crippen LogP contribution in [-0.4, -0.2) is 60.4 Å². The van der Waals surface area contributed by atoms with Gasteiger partial charge in [0.15, 0.2) is 5.75 Å². The summed E-state index contributed by atoms with van der Waals surface area (Å²) in [6.45, 7) is 4.14. The fourth-order valence-electron chi connectivity index (χ4n) is 1.80. The first-order valence-electron chi connectivity index (χ1n) is 6.73. The normalized spacial score (nSPS) is 14.1. The molecule has 2 heterocycles. The number of aliphatic carboxylic acids is 2. The number of aromatic nitrogens is 1. The average molecular weight is 435 g/mol. The van der Waals surface area contributed by atoms with Crippen LogP contribution in [0.25, 0.3) is 0 Å². The summed E-state index contributed by atoms with van der Waals surface area (Å²) in [5.41, 5.74) is 1.15. The second kappa shape index (κ2) is 10.0. The highest BCUT2D eigenvalue weighted by Gasteiger charge is 2.12. The number of halogens is 1. The van der Waals surface area contributed by atoms with E-state index in [4.69, 9.17) is 14.9 Å². The Balaban J connectivity index is 0.000000284. The van der Waals surface area contributed by atoms with E-state index >= 15 is 0 Å². The lowest BCUT2D eigenvalue weighted by atomic mass is 10.3. The molecule has 0 spiro atoms. The maximum absolute atomic E-state index is 9.55. The summed E-state index contributed by atoms with van der Waals surface area (Å²) in [5.74, 6) is -1.66. The first-order valence-corrected chi connectivity index (χ1v) is 7.81. The smallest absolute Gasteiger partial charge is 0.328 e. The second-order valence-electron chi connectivity index (χ2n) is 4.43. The minimum Gasteiger partial charge on any atom is -0.494 e. The van der Waals surface area contributed by atoms with Crippen molar-refractivity contribution in [3.8, 4) is 5.75 Å². The zero-order valence-electron chi connectivity index (χ0n) is 12.5. The fourth-order valence-corrected chi connectivity index (χ4v) is 2.31. The second-order valence-corrected chi connectivity index (χ2v) is 5.46. The molecule has 1 aromatic heterocycles. The highest BCUT2D eigenvalue weighted by atomic mass is 127. The first-order chi connectivity index (χ1) is 10.9. The SMILES string of the molecule is COc1cc(N2CCNCC2)cnc1I.O=C(O)/C=C/C(=O)O. The molecule has 0 atom stereocenters. The molecule has 0 aromatic carbocycles. The fraction of sp³-hybridized carbons (Fsp3) is 0.357. The Labute approximate surface area is 147 Å². The molecule has 3 N–H and O–H groups in total. The average Bonchev–Trinajstić information content (AvgIpc) is 2.55. The Morgan fingerprint density at radius 1 is 1.30 bits per heavy atom.